The quantitative estimate of drug-likeness (QED) is 0.158. The zero-order valence-corrected chi connectivity index (χ0v) is 21.7. The lowest BCUT2D eigenvalue weighted by atomic mass is 10.1. The topological polar surface area (TPSA) is 114 Å². The fourth-order valence-corrected chi connectivity index (χ4v) is 4.24. The molecule has 40 heavy (non-hydrogen) atoms. The summed E-state index contributed by atoms with van der Waals surface area (Å²) in [6.45, 7) is 4.71. The fourth-order valence-electron chi connectivity index (χ4n) is 4.24. The number of nitrogens with zero attached hydrogens (tertiary/aromatic N) is 3. The van der Waals surface area contributed by atoms with E-state index >= 15 is 0 Å². The van der Waals surface area contributed by atoms with Crippen LogP contribution in [0.1, 0.15) is 27.0 Å². The molecule has 0 fully saturated rings. The van der Waals surface area contributed by atoms with E-state index in [4.69, 9.17) is 4.42 Å². The highest BCUT2D eigenvalue weighted by Crippen LogP contribution is 2.21. The second kappa shape index (κ2) is 12.2. The Morgan fingerprint density at radius 1 is 1.05 bits per heavy atom. The predicted molar refractivity (Wildman–Crippen MR) is 147 cm³/mol. The number of amides is 2. The molecule has 10 heteroatoms. The Kier molecular flexibility index (Phi) is 8.48. The molecule has 0 unspecified atom stereocenters. The third kappa shape index (κ3) is 6.29. The number of para-hydroxylation sites is 1. The number of carbonyl (C=O) groups excluding carboxylic acids is 2. The number of aryl methyl sites for hydroxylation is 1. The molecule has 4 rings (SSSR count). The Labute approximate surface area is 228 Å². The second-order valence-corrected chi connectivity index (χ2v) is 9.20. The first-order chi connectivity index (χ1) is 19.2. The number of fused-ring (bicyclic) bond motifs is 1. The molecule has 0 saturated heterocycles. The van der Waals surface area contributed by atoms with E-state index in [0.717, 1.165) is 0 Å². The maximum absolute atomic E-state index is 13.6. The van der Waals surface area contributed by atoms with Crippen molar-refractivity contribution in [3.05, 3.63) is 134 Å². The van der Waals surface area contributed by atoms with E-state index < -0.39 is 29.1 Å². The molecule has 3 aromatic carbocycles. The lowest BCUT2D eigenvalue weighted by molar-refractivity contribution is -0.385. The first-order valence-corrected chi connectivity index (χ1v) is 12.3. The summed E-state index contributed by atoms with van der Waals surface area (Å²) >= 11 is 0. The Hall–Kier alpha value is -5.12. The maximum Gasteiger partial charge on any atom is 0.273 e. The molecule has 0 aliphatic heterocycles. The molecule has 9 nitrogen and oxygen atoms in total. The van der Waals surface area contributed by atoms with Gasteiger partial charge in [0.05, 0.1) is 28.7 Å². The molecule has 0 aliphatic carbocycles. The molecule has 4 aromatic rings. The largest absolute Gasteiger partial charge is 0.464 e. The van der Waals surface area contributed by atoms with Crippen molar-refractivity contribution in [2.75, 3.05) is 13.1 Å². The lowest BCUT2D eigenvalue weighted by Crippen LogP contribution is -2.43. The summed E-state index contributed by atoms with van der Waals surface area (Å²) in [6.07, 6.45) is 2.74. The SMILES string of the molecule is C=CCN(CC(=O)N(Cc1ccc(F)cc1)Cc1coc2ccccc2c1=O)C(=O)c1ccc(C)c([N+](=O)[O-])c1. The van der Waals surface area contributed by atoms with Gasteiger partial charge in [0.25, 0.3) is 11.6 Å². The summed E-state index contributed by atoms with van der Waals surface area (Å²) in [5, 5.41) is 11.7. The highest BCUT2D eigenvalue weighted by atomic mass is 19.1. The fraction of sp³-hybridized carbons (Fsp3) is 0.167. The Morgan fingerprint density at radius 3 is 2.48 bits per heavy atom. The predicted octanol–water partition coefficient (Wildman–Crippen LogP) is 5.01. The van der Waals surface area contributed by atoms with Crippen LogP contribution >= 0.6 is 0 Å². The molecule has 2 amide bonds. The molecule has 0 radical (unpaired) electrons. The van der Waals surface area contributed by atoms with Crippen molar-refractivity contribution in [1.29, 1.82) is 0 Å². The lowest BCUT2D eigenvalue weighted by Gasteiger charge is -2.27. The van der Waals surface area contributed by atoms with E-state index in [1.807, 2.05) is 0 Å². The van der Waals surface area contributed by atoms with Crippen LogP contribution in [-0.4, -0.2) is 39.6 Å². The molecular weight excluding hydrogens is 517 g/mol. The van der Waals surface area contributed by atoms with Gasteiger partial charge in [-0.05, 0) is 42.8 Å². The van der Waals surface area contributed by atoms with Crippen LogP contribution in [0, 0.1) is 22.9 Å². The first-order valence-electron chi connectivity index (χ1n) is 12.3. The van der Waals surface area contributed by atoms with Gasteiger partial charge in [0.2, 0.25) is 5.91 Å². The second-order valence-electron chi connectivity index (χ2n) is 9.20. The highest BCUT2D eigenvalue weighted by Gasteiger charge is 2.25. The normalized spacial score (nSPS) is 10.8. The maximum atomic E-state index is 13.6. The number of rotatable bonds is 10. The first kappa shape index (κ1) is 27.9. The monoisotopic (exact) mass is 543 g/mol. The van der Waals surface area contributed by atoms with Gasteiger partial charge in [0.1, 0.15) is 17.9 Å². The van der Waals surface area contributed by atoms with Crippen LogP contribution in [0.5, 0.6) is 0 Å². The molecule has 0 atom stereocenters. The highest BCUT2D eigenvalue weighted by molar-refractivity contribution is 5.97. The number of benzene rings is 3. The van der Waals surface area contributed by atoms with Crippen molar-refractivity contribution < 1.29 is 23.3 Å². The van der Waals surface area contributed by atoms with Crippen LogP contribution in [0.4, 0.5) is 10.1 Å². The van der Waals surface area contributed by atoms with Gasteiger partial charge >= 0.3 is 0 Å². The summed E-state index contributed by atoms with van der Waals surface area (Å²) < 4.78 is 19.1. The van der Waals surface area contributed by atoms with Gasteiger partial charge in [0, 0.05) is 30.3 Å². The summed E-state index contributed by atoms with van der Waals surface area (Å²) in [5.74, 6) is -1.54. The molecular formula is C30H26FN3O6. The van der Waals surface area contributed by atoms with E-state index in [0.29, 0.717) is 22.1 Å². The third-order valence-electron chi connectivity index (χ3n) is 6.37. The molecule has 0 aliphatic rings. The molecule has 1 heterocycles. The molecule has 0 N–H and O–H groups in total. The van der Waals surface area contributed by atoms with Crippen LogP contribution < -0.4 is 5.43 Å². The van der Waals surface area contributed by atoms with Gasteiger partial charge in [0.15, 0.2) is 5.43 Å². The van der Waals surface area contributed by atoms with Crippen LogP contribution in [0.2, 0.25) is 0 Å². The molecule has 0 bridgehead atoms. The molecule has 204 valence electrons. The summed E-state index contributed by atoms with van der Waals surface area (Å²) in [5.41, 5.74) is 1.17. The summed E-state index contributed by atoms with van der Waals surface area (Å²) in [4.78, 5) is 53.5. The van der Waals surface area contributed by atoms with Crippen LogP contribution in [0.15, 0.2) is 94.9 Å². The van der Waals surface area contributed by atoms with Crippen molar-refractivity contribution in [2.45, 2.75) is 20.0 Å². The molecule has 0 saturated carbocycles. The van der Waals surface area contributed by atoms with E-state index in [2.05, 4.69) is 6.58 Å². The van der Waals surface area contributed by atoms with Crippen molar-refractivity contribution in [2.24, 2.45) is 0 Å². The minimum Gasteiger partial charge on any atom is -0.464 e. The molecule has 0 spiro atoms. The average Bonchev–Trinajstić information content (AvgIpc) is 2.94. The Morgan fingerprint density at radius 2 is 1.77 bits per heavy atom. The van der Waals surface area contributed by atoms with Crippen molar-refractivity contribution in [1.82, 2.24) is 9.80 Å². The van der Waals surface area contributed by atoms with Gasteiger partial charge in [-0.15, -0.1) is 6.58 Å². The van der Waals surface area contributed by atoms with Gasteiger partial charge in [-0.3, -0.25) is 24.5 Å². The van der Waals surface area contributed by atoms with E-state index in [9.17, 15) is 28.9 Å². The van der Waals surface area contributed by atoms with Crippen LogP contribution in [-0.2, 0) is 17.9 Å². The average molecular weight is 544 g/mol. The van der Waals surface area contributed by atoms with E-state index in [-0.39, 0.29) is 41.9 Å². The van der Waals surface area contributed by atoms with E-state index in [1.54, 1.807) is 31.2 Å². The molecule has 1 aromatic heterocycles. The number of carbonyl (C=O) groups is 2. The minimum atomic E-state index is -0.594. The zero-order valence-electron chi connectivity index (χ0n) is 21.7. The number of hydrogen-bond acceptors (Lipinski definition) is 6. The van der Waals surface area contributed by atoms with Gasteiger partial charge in [-0.2, -0.15) is 0 Å². The van der Waals surface area contributed by atoms with Gasteiger partial charge < -0.3 is 14.2 Å². The van der Waals surface area contributed by atoms with Crippen molar-refractivity contribution in [3.63, 3.8) is 0 Å². The van der Waals surface area contributed by atoms with Gasteiger partial charge in [-0.25, -0.2) is 4.39 Å². The number of nitro benzene ring substituents is 1. The van der Waals surface area contributed by atoms with Crippen molar-refractivity contribution in [3.8, 4) is 0 Å². The summed E-state index contributed by atoms with van der Waals surface area (Å²) in [6, 6.07) is 16.4. The number of hydrogen-bond donors (Lipinski definition) is 0. The standard InChI is InChI=1S/C30H26FN3O6/c1-3-14-32(30(37)22-11-8-20(2)26(15-22)34(38)39)18-28(35)33(16-21-9-12-24(31)13-10-21)17-23-19-40-27-7-5-4-6-25(27)29(23)36/h3-13,15,19H,1,14,16-18H2,2H3. The minimum absolute atomic E-state index is 0.00521. The van der Waals surface area contributed by atoms with Crippen molar-refractivity contribution >= 4 is 28.5 Å². The zero-order chi connectivity index (χ0) is 28.8. The Balaban J connectivity index is 1.64. The number of nitro groups is 1. The van der Waals surface area contributed by atoms with Crippen LogP contribution in [0.3, 0.4) is 0 Å². The Bertz CT molecular complexity index is 1650. The third-order valence-corrected chi connectivity index (χ3v) is 6.37. The van der Waals surface area contributed by atoms with Crippen LogP contribution in [0.25, 0.3) is 11.0 Å². The van der Waals surface area contributed by atoms with Gasteiger partial charge in [-0.1, -0.05) is 36.4 Å². The number of halogens is 1. The van der Waals surface area contributed by atoms with E-state index in [1.165, 1.54) is 64.6 Å². The smallest absolute Gasteiger partial charge is 0.273 e. The summed E-state index contributed by atoms with van der Waals surface area (Å²) in [7, 11) is 0.